The van der Waals surface area contributed by atoms with Gasteiger partial charge in [-0.05, 0) is 18.2 Å². The summed E-state index contributed by atoms with van der Waals surface area (Å²) in [7, 11) is 0. The van der Waals surface area contributed by atoms with Gasteiger partial charge in [0.25, 0.3) is 11.8 Å². The van der Waals surface area contributed by atoms with Gasteiger partial charge in [-0.25, -0.2) is 4.90 Å². The molecule has 0 aromatic heterocycles. The first-order chi connectivity index (χ1) is 9.63. The first kappa shape index (κ1) is 14.5. The van der Waals surface area contributed by atoms with Crippen molar-refractivity contribution >= 4 is 29.1 Å². The third-order valence-electron chi connectivity index (χ3n) is 2.61. The van der Waals surface area contributed by atoms with Gasteiger partial charge in [0.05, 0.1) is 12.3 Å². The molecule has 104 valence electrons. The van der Waals surface area contributed by atoms with Crippen molar-refractivity contribution in [1.29, 1.82) is 0 Å². The Kier molecular flexibility index (Phi) is 4.74. The highest BCUT2D eigenvalue weighted by molar-refractivity contribution is 6.31. The Labute approximate surface area is 121 Å². The molecule has 1 aromatic rings. The van der Waals surface area contributed by atoms with E-state index in [1.54, 1.807) is 12.1 Å². The molecule has 1 aromatic carbocycles. The highest BCUT2D eigenvalue weighted by Crippen LogP contribution is 2.26. The van der Waals surface area contributed by atoms with Gasteiger partial charge in [-0.1, -0.05) is 23.4 Å². The molecule has 0 saturated carbocycles. The predicted octanol–water partition coefficient (Wildman–Crippen LogP) is 0.964. The normalized spacial score (nSPS) is 15.0. The molecule has 20 heavy (non-hydrogen) atoms. The molecule has 1 saturated heterocycles. The van der Waals surface area contributed by atoms with E-state index in [4.69, 9.17) is 21.4 Å². The number of imide groups is 1. The number of amides is 2. The largest absolute Gasteiger partial charge is 0.395 e. The highest BCUT2D eigenvalue weighted by Gasteiger charge is 2.29. The van der Waals surface area contributed by atoms with E-state index >= 15 is 0 Å². The van der Waals surface area contributed by atoms with Gasteiger partial charge in [-0.3, -0.25) is 9.59 Å². The number of anilines is 1. The number of hydrogen-bond donors (Lipinski definition) is 1. The smallest absolute Gasteiger partial charge is 0.259 e. The molecule has 0 radical (unpaired) electrons. The van der Waals surface area contributed by atoms with Crippen LogP contribution in [0.5, 0.6) is 0 Å². The van der Waals surface area contributed by atoms with Crippen LogP contribution in [-0.2, 0) is 14.3 Å². The van der Waals surface area contributed by atoms with Crippen LogP contribution < -0.4 is 4.90 Å². The van der Waals surface area contributed by atoms with Crippen molar-refractivity contribution in [3.63, 3.8) is 0 Å². The molecule has 6 heteroatoms. The number of ether oxygens (including phenoxy) is 1. The molecule has 1 fully saturated rings. The van der Waals surface area contributed by atoms with E-state index in [1.807, 2.05) is 0 Å². The number of hydrogen-bond acceptors (Lipinski definition) is 4. The van der Waals surface area contributed by atoms with Crippen LogP contribution in [0.1, 0.15) is 12.0 Å². The Bertz CT molecular complexity index is 587. The fraction of sp³-hybridized carbons (Fsp3) is 0.286. The number of nitrogens with zero attached hydrogens (tertiary/aromatic N) is 1. The molecule has 0 unspecified atom stereocenters. The van der Waals surface area contributed by atoms with Crippen molar-refractivity contribution in [1.82, 2.24) is 0 Å². The summed E-state index contributed by atoms with van der Waals surface area (Å²) in [6.07, 6.45) is 0.313. The molecule has 0 spiro atoms. The Balaban J connectivity index is 2.43. The average Bonchev–Trinajstić information content (AvgIpc) is 2.41. The topological polar surface area (TPSA) is 66.8 Å². The number of morpholine rings is 1. The molecular formula is C14H12ClNO4. The Morgan fingerprint density at radius 2 is 2.00 bits per heavy atom. The number of aliphatic hydroxyl groups is 1. The van der Waals surface area contributed by atoms with E-state index < -0.39 is 11.8 Å². The molecule has 2 rings (SSSR count). The maximum atomic E-state index is 11.8. The van der Waals surface area contributed by atoms with E-state index in [9.17, 15) is 9.59 Å². The van der Waals surface area contributed by atoms with Crippen LogP contribution in [-0.4, -0.2) is 36.7 Å². The molecule has 0 aliphatic carbocycles. The summed E-state index contributed by atoms with van der Waals surface area (Å²) in [4.78, 5) is 24.7. The van der Waals surface area contributed by atoms with Crippen molar-refractivity contribution < 1.29 is 19.4 Å². The van der Waals surface area contributed by atoms with E-state index in [1.165, 1.54) is 6.07 Å². The molecule has 2 amide bonds. The highest BCUT2D eigenvalue weighted by atomic mass is 35.5. The zero-order valence-electron chi connectivity index (χ0n) is 10.6. The minimum Gasteiger partial charge on any atom is -0.395 e. The molecule has 1 N–H and O–H groups in total. The third-order valence-corrected chi connectivity index (χ3v) is 2.85. The van der Waals surface area contributed by atoms with Crippen LogP contribution >= 0.6 is 11.6 Å². The first-order valence-corrected chi connectivity index (χ1v) is 6.34. The number of carbonyl (C=O) groups is 2. The summed E-state index contributed by atoms with van der Waals surface area (Å²) in [6, 6.07) is 4.78. The van der Waals surface area contributed by atoms with Gasteiger partial charge in [-0.15, -0.1) is 0 Å². The summed E-state index contributed by atoms with van der Waals surface area (Å²) in [5.74, 6) is 4.68. The van der Waals surface area contributed by atoms with Gasteiger partial charge < -0.3 is 9.84 Å². The number of benzene rings is 1. The van der Waals surface area contributed by atoms with Crippen LogP contribution in [0, 0.1) is 11.8 Å². The number of carbonyl (C=O) groups excluding carboxylic acids is 2. The summed E-state index contributed by atoms with van der Waals surface area (Å²) in [5.41, 5.74) is 0.854. The summed E-state index contributed by atoms with van der Waals surface area (Å²) in [5, 5.41) is 9.13. The second-order valence-corrected chi connectivity index (χ2v) is 4.49. The van der Waals surface area contributed by atoms with Crippen LogP contribution in [0.25, 0.3) is 0 Å². The van der Waals surface area contributed by atoms with Crippen molar-refractivity contribution in [2.24, 2.45) is 0 Å². The lowest BCUT2D eigenvalue weighted by molar-refractivity contribution is -0.138. The maximum Gasteiger partial charge on any atom is 0.259 e. The molecule has 5 nitrogen and oxygen atoms in total. The zero-order valence-corrected chi connectivity index (χ0v) is 11.3. The number of rotatable bonds is 2. The van der Waals surface area contributed by atoms with Crippen molar-refractivity contribution in [3.05, 3.63) is 28.8 Å². The molecular weight excluding hydrogens is 282 g/mol. The summed E-state index contributed by atoms with van der Waals surface area (Å²) in [6.45, 7) is -0.352. The van der Waals surface area contributed by atoms with Gasteiger partial charge >= 0.3 is 0 Å². The minimum absolute atomic E-state index is 0.0503. The Morgan fingerprint density at radius 1 is 1.30 bits per heavy atom. The second-order valence-electron chi connectivity index (χ2n) is 4.05. The van der Waals surface area contributed by atoms with Crippen molar-refractivity contribution in [3.8, 4) is 11.8 Å². The van der Waals surface area contributed by atoms with Crippen LogP contribution in [0.4, 0.5) is 5.69 Å². The van der Waals surface area contributed by atoms with Crippen LogP contribution in [0.2, 0.25) is 5.02 Å². The predicted molar refractivity (Wildman–Crippen MR) is 73.3 cm³/mol. The zero-order chi connectivity index (χ0) is 14.5. The van der Waals surface area contributed by atoms with Gasteiger partial charge in [-0.2, -0.15) is 0 Å². The van der Waals surface area contributed by atoms with E-state index in [2.05, 4.69) is 11.8 Å². The Morgan fingerprint density at radius 3 is 2.65 bits per heavy atom. The summed E-state index contributed by atoms with van der Waals surface area (Å²) >= 11 is 5.92. The van der Waals surface area contributed by atoms with E-state index in [0.29, 0.717) is 22.7 Å². The fourth-order valence-corrected chi connectivity index (χ4v) is 1.94. The van der Waals surface area contributed by atoms with Gasteiger partial charge in [0, 0.05) is 17.0 Å². The Hall–Kier alpha value is -1.87. The molecule has 1 heterocycles. The van der Waals surface area contributed by atoms with Gasteiger partial charge in [0.2, 0.25) is 0 Å². The monoisotopic (exact) mass is 293 g/mol. The summed E-state index contributed by atoms with van der Waals surface area (Å²) < 4.78 is 4.87. The quantitative estimate of drug-likeness (QED) is 0.651. The fourth-order valence-electron chi connectivity index (χ4n) is 1.77. The third kappa shape index (κ3) is 3.17. The molecule has 0 atom stereocenters. The lowest BCUT2D eigenvalue weighted by Gasteiger charge is -2.26. The van der Waals surface area contributed by atoms with Crippen molar-refractivity contribution in [2.75, 3.05) is 24.7 Å². The van der Waals surface area contributed by atoms with Crippen molar-refractivity contribution in [2.45, 2.75) is 6.42 Å². The lowest BCUT2D eigenvalue weighted by Crippen LogP contribution is -2.46. The van der Waals surface area contributed by atoms with Crippen LogP contribution in [0.15, 0.2) is 18.2 Å². The molecule has 1 aliphatic heterocycles. The van der Waals surface area contributed by atoms with Crippen LogP contribution in [0.3, 0.4) is 0 Å². The number of aliphatic hydroxyl groups excluding tert-OH is 1. The number of halogens is 1. The van der Waals surface area contributed by atoms with Gasteiger partial charge in [0.15, 0.2) is 0 Å². The van der Waals surface area contributed by atoms with E-state index in [-0.39, 0.29) is 19.8 Å². The maximum absolute atomic E-state index is 11.8. The molecule has 0 bridgehead atoms. The minimum atomic E-state index is -0.450. The SMILES string of the molecule is O=C1COCC(=O)N1c1cc(Cl)ccc1C#CCCO. The average molecular weight is 294 g/mol. The standard InChI is InChI=1S/C14H12ClNO4/c15-11-5-4-10(3-1-2-6-17)12(7-11)16-13(18)8-20-9-14(16)19/h4-5,7,17H,2,6,8-9H2. The van der Waals surface area contributed by atoms with E-state index in [0.717, 1.165) is 4.90 Å². The lowest BCUT2D eigenvalue weighted by atomic mass is 10.1. The van der Waals surface area contributed by atoms with Gasteiger partial charge in [0.1, 0.15) is 13.2 Å². The molecule has 1 aliphatic rings. The second kappa shape index (κ2) is 6.53. The first-order valence-electron chi connectivity index (χ1n) is 5.96.